The fourth-order valence-electron chi connectivity index (χ4n) is 5.05. The fourth-order valence-corrected chi connectivity index (χ4v) is 5.05. The minimum absolute atomic E-state index is 0.111. The first kappa shape index (κ1) is 34.3. The number of carbonyl (C=O) groups excluding carboxylic acids is 3. The van der Waals surface area contributed by atoms with Crippen molar-refractivity contribution in [2.24, 2.45) is 0 Å². The van der Waals surface area contributed by atoms with Gasteiger partial charge in [-0.1, -0.05) is 18.2 Å². The molecule has 47 heavy (non-hydrogen) atoms. The number of nitrogens with one attached hydrogen (secondary N) is 2. The standard InChI is InChI=1S/C30H29N5O5.C2HF3O2/c1-20-15-23(25-6-2-3-7-26(25)32-20)18-40-24-10-8-21(9-11-24)28(37)33-30(16-27(36)34-39)12-14-35(19-30)29(38)22-5-4-13-31-17-22;3-2(4,5)1(6)7/h2-11,13,15,17,39H,12,14,16,18-19H2,1H3,(H,33,37)(H,34,36);(H,6,7). The molecule has 246 valence electrons. The van der Waals surface area contributed by atoms with Crippen molar-refractivity contribution in [2.45, 2.75) is 38.1 Å². The average molecular weight is 654 g/mol. The molecule has 2 aromatic heterocycles. The number of rotatable bonds is 8. The van der Waals surface area contributed by atoms with Crippen LogP contribution in [0.15, 0.2) is 79.1 Å². The molecular weight excluding hydrogens is 623 g/mol. The fraction of sp³-hybridized carbons (Fsp3) is 0.250. The van der Waals surface area contributed by atoms with Gasteiger partial charge in [0.15, 0.2) is 0 Å². The lowest BCUT2D eigenvalue weighted by Gasteiger charge is -2.30. The molecule has 5 rings (SSSR count). The average Bonchev–Trinajstić information content (AvgIpc) is 3.46. The molecule has 3 heterocycles. The van der Waals surface area contributed by atoms with E-state index in [1.54, 1.807) is 53.0 Å². The number of aryl methyl sites for hydroxylation is 1. The Kier molecular flexibility index (Phi) is 10.7. The van der Waals surface area contributed by atoms with Crippen LogP contribution in [0.3, 0.4) is 0 Å². The maximum Gasteiger partial charge on any atom is 0.490 e. The zero-order valence-corrected chi connectivity index (χ0v) is 25.0. The zero-order valence-electron chi connectivity index (χ0n) is 25.0. The first-order chi connectivity index (χ1) is 22.3. The van der Waals surface area contributed by atoms with Gasteiger partial charge in [0.2, 0.25) is 5.91 Å². The van der Waals surface area contributed by atoms with Crippen molar-refractivity contribution in [1.29, 1.82) is 0 Å². The van der Waals surface area contributed by atoms with Crippen LogP contribution in [0.1, 0.15) is 44.8 Å². The molecule has 0 aliphatic carbocycles. The molecule has 12 nitrogen and oxygen atoms in total. The number of hydrogen-bond acceptors (Lipinski definition) is 8. The number of ether oxygens (including phenoxy) is 1. The second-order valence-electron chi connectivity index (χ2n) is 10.7. The van der Waals surface area contributed by atoms with Gasteiger partial charge in [-0.15, -0.1) is 0 Å². The van der Waals surface area contributed by atoms with E-state index in [4.69, 9.17) is 19.8 Å². The van der Waals surface area contributed by atoms with Crippen LogP contribution in [0.25, 0.3) is 10.9 Å². The Morgan fingerprint density at radius 1 is 1.02 bits per heavy atom. The van der Waals surface area contributed by atoms with E-state index >= 15 is 0 Å². The molecule has 0 bridgehead atoms. The van der Waals surface area contributed by atoms with E-state index < -0.39 is 29.5 Å². The van der Waals surface area contributed by atoms with Gasteiger partial charge < -0.3 is 20.1 Å². The minimum Gasteiger partial charge on any atom is -0.489 e. The number of fused-ring (bicyclic) bond motifs is 1. The summed E-state index contributed by atoms with van der Waals surface area (Å²) in [5.74, 6) is -3.46. The number of hydrogen-bond donors (Lipinski definition) is 4. The number of benzene rings is 2. The van der Waals surface area contributed by atoms with Crippen LogP contribution in [-0.4, -0.2) is 73.7 Å². The lowest BCUT2D eigenvalue weighted by Crippen LogP contribution is -2.53. The molecule has 1 aliphatic rings. The van der Waals surface area contributed by atoms with Crippen LogP contribution in [0.4, 0.5) is 13.2 Å². The number of pyridine rings is 2. The molecule has 15 heteroatoms. The van der Waals surface area contributed by atoms with Gasteiger partial charge in [0.1, 0.15) is 12.4 Å². The first-order valence-electron chi connectivity index (χ1n) is 14.1. The summed E-state index contributed by atoms with van der Waals surface area (Å²) < 4.78 is 37.7. The van der Waals surface area contributed by atoms with Crippen molar-refractivity contribution in [3.8, 4) is 5.75 Å². The summed E-state index contributed by atoms with van der Waals surface area (Å²) in [5.41, 5.74) is 4.20. The van der Waals surface area contributed by atoms with Crippen molar-refractivity contribution >= 4 is 34.6 Å². The molecule has 1 saturated heterocycles. The third-order valence-corrected chi connectivity index (χ3v) is 7.24. The van der Waals surface area contributed by atoms with Crippen LogP contribution < -0.4 is 15.5 Å². The number of halogens is 3. The molecule has 1 fully saturated rings. The van der Waals surface area contributed by atoms with Crippen molar-refractivity contribution in [3.05, 3.63) is 102 Å². The van der Waals surface area contributed by atoms with Gasteiger partial charge >= 0.3 is 12.1 Å². The zero-order chi connectivity index (χ0) is 34.2. The van der Waals surface area contributed by atoms with E-state index in [1.807, 2.05) is 37.3 Å². The van der Waals surface area contributed by atoms with Gasteiger partial charge in [-0.2, -0.15) is 13.2 Å². The number of aromatic nitrogens is 2. The minimum atomic E-state index is -5.08. The molecule has 1 unspecified atom stereocenters. The van der Waals surface area contributed by atoms with E-state index in [9.17, 15) is 27.6 Å². The van der Waals surface area contributed by atoms with Crippen molar-refractivity contribution in [3.63, 3.8) is 0 Å². The molecule has 4 aromatic rings. The van der Waals surface area contributed by atoms with Gasteiger partial charge in [0.05, 0.1) is 23.0 Å². The molecule has 0 radical (unpaired) electrons. The van der Waals surface area contributed by atoms with E-state index in [0.717, 1.165) is 22.2 Å². The highest BCUT2D eigenvalue weighted by Crippen LogP contribution is 2.28. The number of aliphatic carboxylic acids is 1. The quantitative estimate of drug-likeness (QED) is 0.162. The Balaban J connectivity index is 0.000000644. The van der Waals surface area contributed by atoms with E-state index in [-0.39, 0.29) is 18.9 Å². The summed E-state index contributed by atoms with van der Waals surface area (Å²) in [6.07, 6.45) is -1.87. The predicted octanol–water partition coefficient (Wildman–Crippen LogP) is 4.06. The molecule has 3 amide bonds. The van der Waals surface area contributed by atoms with Crippen LogP contribution in [0, 0.1) is 6.92 Å². The molecule has 4 N–H and O–H groups in total. The maximum atomic E-state index is 13.2. The lowest BCUT2D eigenvalue weighted by atomic mass is 9.93. The van der Waals surface area contributed by atoms with Gasteiger partial charge in [0, 0.05) is 47.7 Å². The Labute approximate surface area is 266 Å². The molecule has 0 spiro atoms. The lowest BCUT2D eigenvalue weighted by molar-refractivity contribution is -0.192. The summed E-state index contributed by atoms with van der Waals surface area (Å²) in [4.78, 5) is 57.3. The van der Waals surface area contributed by atoms with Crippen LogP contribution >= 0.6 is 0 Å². The van der Waals surface area contributed by atoms with Crippen LogP contribution in [0.5, 0.6) is 5.75 Å². The number of hydroxylamine groups is 1. The van der Waals surface area contributed by atoms with Gasteiger partial charge in [-0.25, -0.2) is 10.3 Å². The highest BCUT2D eigenvalue weighted by atomic mass is 19.4. The summed E-state index contributed by atoms with van der Waals surface area (Å²) in [7, 11) is 0. The van der Waals surface area contributed by atoms with Crippen molar-refractivity contribution < 1.29 is 47.4 Å². The number of likely N-dealkylation sites (tertiary alicyclic amines) is 1. The van der Waals surface area contributed by atoms with Crippen LogP contribution in [-0.2, 0) is 16.2 Å². The monoisotopic (exact) mass is 653 g/mol. The molecule has 1 atom stereocenters. The van der Waals surface area contributed by atoms with E-state index in [0.29, 0.717) is 36.4 Å². The number of carboxylic acids is 1. The second-order valence-corrected chi connectivity index (χ2v) is 10.7. The Bertz CT molecular complexity index is 1750. The largest absolute Gasteiger partial charge is 0.490 e. The number of carboxylic acid groups (broad SMARTS) is 1. The van der Waals surface area contributed by atoms with Gasteiger partial charge in [-0.05, 0) is 61.9 Å². The third-order valence-electron chi connectivity index (χ3n) is 7.24. The van der Waals surface area contributed by atoms with E-state index in [1.165, 1.54) is 6.20 Å². The summed E-state index contributed by atoms with van der Waals surface area (Å²) in [6, 6.07) is 19.9. The summed E-state index contributed by atoms with van der Waals surface area (Å²) in [6.45, 7) is 2.73. The Morgan fingerprint density at radius 3 is 2.36 bits per heavy atom. The number of nitrogens with zero attached hydrogens (tertiary/aromatic N) is 3. The first-order valence-corrected chi connectivity index (χ1v) is 14.1. The maximum absolute atomic E-state index is 13.2. The summed E-state index contributed by atoms with van der Waals surface area (Å²) >= 11 is 0. The number of amides is 3. The molecule has 2 aromatic carbocycles. The molecule has 0 saturated carbocycles. The SMILES string of the molecule is Cc1cc(COc2ccc(C(=O)NC3(CC(=O)NO)CCN(C(=O)c4cccnc4)C3)cc2)c2ccccc2n1.O=C(O)C(F)(F)F. The number of para-hydroxylation sites is 1. The molecule has 1 aliphatic heterocycles. The van der Waals surface area contributed by atoms with E-state index in [2.05, 4.69) is 15.3 Å². The second kappa shape index (κ2) is 14.7. The molecular formula is C32H30F3N5O7. The third kappa shape index (κ3) is 9.00. The van der Waals surface area contributed by atoms with Gasteiger partial charge in [-0.3, -0.25) is 29.6 Å². The Morgan fingerprint density at radius 2 is 1.72 bits per heavy atom. The highest BCUT2D eigenvalue weighted by molar-refractivity contribution is 5.96. The van der Waals surface area contributed by atoms with Gasteiger partial charge in [0.25, 0.3) is 11.8 Å². The normalized spacial score (nSPS) is 15.7. The predicted molar refractivity (Wildman–Crippen MR) is 160 cm³/mol. The summed E-state index contributed by atoms with van der Waals surface area (Å²) in [5, 5.41) is 20.2. The van der Waals surface area contributed by atoms with Crippen LogP contribution in [0.2, 0.25) is 0 Å². The smallest absolute Gasteiger partial charge is 0.489 e. The number of alkyl halides is 3. The highest BCUT2D eigenvalue weighted by Gasteiger charge is 2.43. The van der Waals surface area contributed by atoms with Crippen molar-refractivity contribution in [2.75, 3.05) is 13.1 Å². The Hall–Kier alpha value is -5.57. The van der Waals surface area contributed by atoms with Crippen molar-refractivity contribution in [1.82, 2.24) is 25.7 Å². The number of carbonyl (C=O) groups is 4. The topological polar surface area (TPSA) is 171 Å².